The van der Waals surface area contributed by atoms with Crippen LogP contribution in [0.15, 0.2) is 102 Å². The molecule has 4 aromatic rings. The predicted molar refractivity (Wildman–Crippen MR) is 130 cm³/mol. The molecule has 7 nitrogen and oxygen atoms in total. The molecule has 0 radical (unpaired) electrons. The van der Waals surface area contributed by atoms with Crippen molar-refractivity contribution in [1.29, 1.82) is 0 Å². The lowest BCUT2D eigenvalue weighted by Crippen LogP contribution is -2.36. The van der Waals surface area contributed by atoms with E-state index in [1.165, 1.54) is 0 Å². The van der Waals surface area contributed by atoms with E-state index in [4.69, 9.17) is 5.73 Å². The minimum absolute atomic E-state index is 0.0809. The third kappa shape index (κ3) is 5.26. The molecule has 0 aliphatic heterocycles. The Labute approximate surface area is 200 Å². The quantitative estimate of drug-likeness (QED) is 0.323. The van der Waals surface area contributed by atoms with Crippen LogP contribution in [0.2, 0.25) is 0 Å². The fraction of sp³-hybridized carbons (Fsp3) is 0.192. The molecule has 0 aliphatic rings. The molecule has 8 heteroatoms. The zero-order valence-corrected chi connectivity index (χ0v) is 19.8. The number of aromatic nitrogens is 2. The van der Waals surface area contributed by atoms with E-state index in [9.17, 15) is 13.5 Å². The van der Waals surface area contributed by atoms with Crippen LogP contribution in [-0.2, 0) is 30.2 Å². The normalized spacial score (nSPS) is 13.5. The first-order valence-corrected chi connectivity index (χ1v) is 12.5. The Morgan fingerprint density at radius 1 is 0.941 bits per heavy atom. The smallest absolute Gasteiger partial charge is 0.282 e. The van der Waals surface area contributed by atoms with Gasteiger partial charge in [-0.1, -0.05) is 72.8 Å². The first kappa shape index (κ1) is 23.8. The Balaban J connectivity index is 1.58. The van der Waals surface area contributed by atoms with E-state index in [-0.39, 0.29) is 11.5 Å². The van der Waals surface area contributed by atoms with Gasteiger partial charge < -0.3 is 10.8 Å². The van der Waals surface area contributed by atoms with Crippen LogP contribution in [0.4, 0.5) is 0 Å². The van der Waals surface area contributed by atoms with Crippen LogP contribution in [0.5, 0.6) is 0 Å². The van der Waals surface area contributed by atoms with Gasteiger partial charge in [0.05, 0.1) is 24.0 Å². The molecule has 0 unspecified atom stereocenters. The summed E-state index contributed by atoms with van der Waals surface area (Å²) in [6, 6.07) is 24.4. The third-order valence-corrected chi connectivity index (χ3v) is 7.38. The summed E-state index contributed by atoms with van der Waals surface area (Å²) in [4.78, 5) is 0.165. The van der Waals surface area contributed by atoms with Crippen LogP contribution in [0.1, 0.15) is 34.6 Å². The molecule has 3 aromatic carbocycles. The number of nitrogens with two attached hydrogens (primary N) is 1. The summed E-state index contributed by atoms with van der Waals surface area (Å²) >= 11 is 0. The van der Waals surface area contributed by atoms with Crippen LogP contribution in [0, 0.1) is 0 Å². The van der Waals surface area contributed by atoms with Gasteiger partial charge in [0.1, 0.15) is 25.5 Å². The highest BCUT2D eigenvalue weighted by molar-refractivity contribution is 7.89. The maximum atomic E-state index is 13.3. The fourth-order valence-electron chi connectivity index (χ4n) is 3.98. The number of imidazole rings is 1. The van der Waals surface area contributed by atoms with Crippen molar-refractivity contribution in [3.8, 4) is 0 Å². The number of aliphatic hydroxyl groups excluding tert-OH is 1. The molecule has 0 saturated carbocycles. The summed E-state index contributed by atoms with van der Waals surface area (Å²) < 4.78 is 33.2. The fourth-order valence-corrected chi connectivity index (χ4v) is 5.23. The number of aliphatic hydroxyl groups is 1. The van der Waals surface area contributed by atoms with E-state index < -0.39 is 22.1 Å². The molecule has 0 fully saturated rings. The summed E-state index contributed by atoms with van der Waals surface area (Å²) in [6.07, 6.45) is 3.75. The van der Waals surface area contributed by atoms with Gasteiger partial charge in [-0.2, -0.15) is 0 Å². The zero-order chi connectivity index (χ0) is 24.1. The Bertz CT molecular complexity index is 1320. The van der Waals surface area contributed by atoms with Crippen molar-refractivity contribution in [1.82, 2.24) is 9.29 Å². The van der Waals surface area contributed by atoms with Gasteiger partial charge in [-0.05, 0) is 28.8 Å². The molecule has 176 valence electrons. The number of nitrogens with zero attached hydrogens (tertiary/aromatic N) is 2. The standard InChI is InChI=1S/C26H29N4O3S/c1-29-16-17-30(24(29)19-31)18-20-12-14-23(15-13-20)34(32,33)28-26(22-10-6-3-7-11-22)25(27)21-8-4-2-5-9-21/h2-17,25-26,28,31H,18-19,27H2,1H3/q+1/t25-,26-/m0/s1. The maximum Gasteiger partial charge on any atom is 0.282 e. The molecule has 1 heterocycles. The van der Waals surface area contributed by atoms with Gasteiger partial charge in [-0.25, -0.2) is 22.3 Å². The van der Waals surface area contributed by atoms with E-state index >= 15 is 0 Å². The number of sulfonamides is 1. The van der Waals surface area contributed by atoms with E-state index in [1.807, 2.05) is 89.2 Å². The lowest BCUT2D eigenvalue weighted by atomic mass is 9.95. The van der Waals surface area contributed by atoms with Crippen LogP contribution in [0.25, 0.3) is 0 Å². The maximum absolute atomic E-state index is 13.3. The molecule has 2 atom stereocenters. The van der Waals surface area contributed by atoms with E-state index in [1.54, 1.807) is 24.3 Å². The second-order valence-electron chi connectivity index (χ2n) is 8.20. The molecular formula is C26H29N4O3S+. The van der Waals surface area contributed by atoms with Crippen molar-refractivity contribution in [3.05, 3.63) is 120 Å². The first-order chi connectivity index (χ1) is 16.4. The molecule has 0 saturated heterocycles. The van der Waals surface area contributed by atoms with Crippen molar-refractivity contribution in [2.24, 2.45) is 12.8 Å². The highest BCUT2D eigenvalue weighted by atomic mass is 32.2. The highest BCUT2D eigenvalue weighted by Crippen LogP contribution is 2.28. The lowest BCUT2D eigenvalue weighted by Gasteiger charge is -2.26. The van der Waals surface area contributed by atoms with Crippen LogP contribution in [0.3, 0.4) is 0 Å². The van der Waals surface area contributed by atoms with E-state index in [0.29, 0.717) is 6.54 Å². The Kier molecular flexibility index (Phi) is 7.23. The number of benzene rings is 3. The van der Waals surface area contributed by atoms with Gasteiger partial charge in [0.15, 0.2) is 0 Å². The molecule has 0 amide bonds. The van der Waals surface area contributed by atoms with Gasteiger partial charge in [-0.3, -0.25) is 0 Å². The molecule has 0 aliphatic carbocycles. The highest BCUT2D eigenvalue weighted by Gasteiger charge is 2.27. The van der Waals surface area contributed by atoms with Crippen molar-refractivity contribution in [2.45, 2.75) is 30.1 Å². The molecule has 0 spiro atoms. The van der Waals surface area contributed by atoms with Crippen molar-refractivity contribution in [2.75, 3.05) is 0 Å². The van der Waals surface area contributed by atoms with Crippen LogP contribution >= 0.6 is 0 Å². The minimum atomic E-state index is -3.84. The second-order valence-corrected chi connectivity index (χ2v) is 9.92. The summed E-state index contributed by atoms with van der Waals surface area (Å²) in [5.41, 5.74) is 9.10. The average Bonchev–Trinajstić information content (AvgIpc) is 3.22. The topological polar surface area (TPSA) is 101 Å². The average molecular weight is 478 g/mol. The lowest BCUT2D eigenvalue weighted by molar-refractivity contribution is -0.680. The number of rotatable bonds is 9. The van der Waals surface area contributed by atoms with Gasteiger partial charge in [0, 0.05) is 0 Å². The first-order valence-electron chi connectivity index (χ1n) is 11.0. The number of hydrogen-bond donors (Lipinski definition) is 3. The number of nitrogens with one attached hydrogen (secondary N) is 1. The predicted octanol–water partition coefficient (Wildman–Crippen LogP) is 2.57. The Hall–Kier alpha value is -3.30. The Morgan fingerprint density at radius 3 is 2.12 bits per heavy atom. The summed E-state index contributed by atoms with van der Waals surface area (Å²) in [6.45, 7) is 0.443. The molecule has 4 N–H and O–H groups in total. The molecule has 34 heavy (non-hydrogen) atoms. The molecule has 4 rings (SSSR count). The SMILES string of the molecule is C[n+]1ccn(Cc2ccc(S(=O)(=O)N[C@@H](c3ccccc3)[C@@H](N)c3ccccc3)cc2)c1CO. The van der Waals surface area contributed by atoms with Gasteiger partial charge in [-0.15, -0.1) is 0 Å². The van der Waals surface area contributed by atoms with Gasteiger partial charge in [0.25, 0.3) is 5.82 Å². The van der Waals surface area contributed by atoms with Crippen molar-refractivity contribution < 1.29 is 18.1 Å². The van der Waals surface area contributed by atoms with Gasteiger partial charge in [0.2, 0.25) is 10.0 Å². The largest absolute Gasteiger partial charge is 0.384 e. The van der Waals surface area contributed by atoms with E-state index in [2.05, 4.69) is 4.72 Å². The second kappa shape index (κ2) is 10.3. The summed E-state index contributed by atoms with van der Waals surface area (Å²) in [5, 5.41) is 9.58. The molecule has 1 aromatic heterocycles. The minimum Gasteiger partial charge on any atom is -0.384 e. The van der Waals surface area contributed by atoms with Crippen LogP contribution in [-0.4, -0.2) is 18.1 Å². The number of aryl methyl sites for hydroxylation is 1. The van der Waals surface area contributed by atoms with Gasteiger partial charge >= 0.3 is 0 Å². The zero-order valence-electron chi connectivity index (χ0n) is 19.0. The third-order valence-electron chi connectivity index (χ3n) is 5.92. The summed E-state index contributed by atoms with van der Waals surface area (Å²) in [7, 11) is -1.97. The Morgan fingerprint density at radius 2 is 1.53 bits per heavy atom. The summed E-state index contributed by atoms with van der Waals surface area (Å²) in [5.74, 6) is 0.763. The monoisotopic (exact) mass is 477 g/mol. The molecule has 0 bridgehead atoms. The van der Waals surface area contributed by atoms with E-state index in [0.717, 1.165) is 22.5 Å². The molecular weight excluding hydrogens is 448 g/mol. The van der Waals surface area contributed by atoms with Crippen molar-refractivity contribution in [3.63, 3.8) is 0 Å². The van der Waals surface area contributed by atoms with Crippen molar-refractivity contribution >= 4 is 10.0 Å². The number of hydrogen-bond acceptors (Lipinski definition) is 4. The van der Waals surface area contributed by atoms with Crippen LogP contribution < -0.4 is 15.0 Å².